The van der Waals surface area contributed by atoms with Crippen LogP contribution in [0.4, 0.5) is 0 Å². The molecule has 0 radical (unpaired) electrons. The van der Waals surface area contributed by atoms with Crippen molar-refractivity contribution in [2.24, 2.45) is 0 Å². The maximum atomic E-state index is 12.3. The first-order valence-corrected chi connectivity index (χ1v) is 7.68. The van der Waals surface area contributed by atoms with E-state index in [-0.39, 0.29) is 11.9 Å². The normalized spacial score (nSPS) is 17.6. The maximum Gasteiger partial charge on any atom is 0.239 e. The minimum Gasteiger partial charge on any atom is -0.341 e. The molecule has 1 unspecified atom stereocenters. The van der Waals surface area contributed by atoms with Crippen molar-refractivity contribution in [3.63, 3.8) is 0 Å². The van der Waals surface area contributed by atoms with Crippen LogP contribution < -0.4 is 5.32 Å². The first-order valence-electron chi connectivity index (χ1n) is 7.68. The van der Waals surface area contributed by atoms with Gasteiger partial charge in [0.25, 0.3) is 0 Å². The zero-order valence-corrected chi connectivity index (χ0v) is 12.3. The summed E-state index contributed by atoms with van der Waals surface area (Å²) >= 11 is 0. The molecule has 1 aromatic heterocycles. The van der Waals surface area contributed by atoms with Crippen LogP contribution in [0, 0.1) is 0 Å². The number of nitrogens with one attached hydrogen (secondary N) is 1. The largest absolute Gasteiger partial charge is 0.341 e. The van der Waals surface area contributed by atoms with E-state index < -0.39 is 0 Å². The Kier molecular flexibility index (Phi) is 5.99. The maximum absolute atomic E-state index is 12.3. The monoisotopic (exact) mass is 275 g/mol. The van der Waals surface area contributed by atoms with Gasteiger partial charge in [0.15, 0.2) is 0 Å². The molecule has 0 bridgehead atoms. The highest BCUT2D eigenvalue weighted by atomic mass is 16.2. The van der Waals surface area contributed by atoms with E-state index in [9.17, 15) is 4.79 Å². The van der Waals surface area contributed by atoms with Crippen molar-refractivity contribution in [2.75, 3.05) is 19.6 Å². The number of likely N-dealkylation sites (tertiary alicyclic amines) is 1. The average molecular weight is 275 g/mol. The van der Waals surface area contributed by atoms with Crippen LogP contribution in [0.5, 0.6) is 0 Å². The molecule has 20 heavy (non-hydrogen) atoms. The van der Waals surface area contributed by atoms with Gasteiger partial charge in [-0.3, -0.25) is 9.78 Å². The van der Waals surface area contributed by atoms with E-state index in [0.29, 0.717) is 0 Å². The number of hydrogen-bond acceptors (Lipinski definition) is 3. The SMILES string of the molecule is CC(NCCc1ccncc1)C(=O)N1CCCCCC1. The molecule has 0 aromatic carbocycles. The highest BCUT2D eigenvalue weighted by Crippen LogP contribution is 2.10. The average Bonchev–Trinajstić information content (AvgIpc) is 2.76. The smallest absolute Gasteiger partial charge is 0.239 e. The number of hydrogen-bond donors (Lipinski definition) is 1. The topological polar surface area (TPSA) is 45.2 Å². The fourth-order valence-electron chi connectivity index (χ4n) is 2.63. The minimum absolute atomic E-state index is 0.0880. The van der Waals surface area contributed by atoms with Crippen LogP contribution in [-0.4, -0.2) is 41.5 Å². The fraction of sp³-hybridized carbons (Fsp3) is 0.625. The highest BCUT2D eigenvalue weighted by molar-refractivity contribution is 5.81. The Labute approximate surface area is 121 Å². The van der Waals surface area contributed by atoms with Gasteiger partial charge in [-0.05, 0) is 50.4 Å². The number of rotatable bonds is 5. The third-order valence-electron chi connectivity index (χ3n) is 3.90. The lowest BCUT2D eigenvalue weighted by Gasteiger charge is -2.24. The molecule has 0 aliphatic carbocycles. The summed E-state index contributed by atoms with van der Waals surface area (Å²) < 4.78 is 0. The number of nitrogens with zero attached hydrogens (tertiary/aromatic N) is 2. The second-order valence-electron chi connectivity index (χ2n) is 5.52. The lowest BCUT2D eigenvalue weighted by molar-refractivity contribution is -0.133. The number of carbonyl (C=O) groups excluding carboxylic acids is 1. The molecule has 4 heteroatoms. The second kappa shape index (κ2) is 8.00. The molecular weight excluding hydrogens is 250 g/mol. The van der Waals surface area contributed by atoms with Crippen molar-refractivity contribution in [1.82, 2.24) is 15.2 Å². The van der Waals surface area contributed by atoms with Crippen LogP contribution in [-0.2, 0) is 11.2 Å². The second-order valence-corrected chi connectivity index (χ2v) is 5.52. The predicted octanol–water partition coefficient (Wildman–Crippen LogP) is 2.00. The Balaban J connectivity index is 1.73. The van der Waals surface area contributed by atoms with Gasteiger partial charge >= 0.3 is 0 Å². The molecule has 0 saturated carbocycles. The third-order valence-corrected chi connectivity index (χ3v) is 3.90. The van der Waals surface area contributed by atoms with Crippen LogP contribution in [0.25, 0.3) is 0 Å². The highest BCUT2D eigenvalue weighted by Gasteiger charge is 2.20. The molecule has 1 fully saturated rings. The van der Waals surface area contributed by atoms with Gasteiger partial charge in [0.2, 0.25) is 5.91 Å². The molecule has 4 nitrogen and oxygen atoms in total. The number of carbonyl (C=O) groups is 1. The van der Waals surface area contributed by atoms with Crippen LogP contribution in [0.3, 0.4) is 0 Å². The van der Waals surface area contributed by atoms with E-state index in [0.717, 1.165) is 38.9 Å². The minimum atomic E-state index is -0.0880. The Bertz CT molecular complexity index is 399. The molecular formula is C16H25N3O. The van der Waals surface area contributed by atoms with Gasteiger partial charge in [-0.1, -0.05) is 12.8 Å². The van der Waals surface area contributed by atoms with Crippen molar-refractivity contribution in [1.29, 1.82) is 0 Å². The van der Waals surface area contributed by atoms with E-state index in [1.54, 1.807) is 12.4 Å². The summed E-state index contributed by atoms with van der Waals surface area (Å²) in [6.45, 7) is 4.65. The van der Waals surface area contributed by atoms with E-state index >= 15 is 0 Å². The Morgan fingerprint density at radius 1 is 1.25 bits per heavy atom. The van der Waals surface area contributed by atoms with Crippen molar-refractivity contribution in [3.05, 3.63) is 30.1 Å². The van der Waals surface area contributed by atoms with Crippen molar-refractivity contribution in [2.45, 2.75) is 45.1 Å². The quantitative estimate of drug-likeness (QED) is 0.894. The fourth-order valence-corrected chi connectivity index (χ4v) is 2.63. The van der Waals surface area contributed by atoms with Crippen molar-refractivity contribution >= 4 is 5.91 Å². The molecule has 2 heterocycles. The molecule has 1 aliphatic rings. The molecule has 1 N–H and O–H groups in total. The molecule has 1 atom stereocenters. The summed E-state index contributed by atoms with van der Waals surface area (Å²) in [5.41, 5.74) is 1.25. The first kappa shape index (κ1) is 15.0. The van der Waals surface area contributed by atoms with Crippen LogP contribution in [0.15, 0.2) is 24.5 Å². The van der Waals surface area contributed by atoms with E-state index in [2.05, 4.69) is 10.3 Å². The number of pyridine rings is 1. The summed E-state index contributed by atoms with van der Waals surface area (Å²) in [4.78, 5) is 18.4. The molecule has 1 aliphatic heterocycles. The third kappa shape index (κ3) is 4.60. The van der Waals surface area contributed by atoms with Gasteiger partial charge in [0, 0.05) is 25.5 Å². The van der Waals surface area contributed by atoms with E-state index in [1.807, 2.05) is 24.0 Å². The van der Waals surface area contributed by atoms with Gasteiger partial charge in [-0.2, -0.15) is 0 Å². The molecule has 110 valence electrons. The van der Waals surface area contributed by atoms with E-state index in [1.165, 1.54) is 18.4 Å². The zero-order chi connectivity index (χ0) is 14.2. The first-order chi connectivity index (χ1) is 9.77. The number of amides is 1. The van der Waals surface area contributed by atoms with Gasteiger partial charge in [0.1, 0.15) is 0 Å². The van der Waals surface area contributed by atoms with Crippen LogP contribution in [0.2, 0.25) is 0 Å². The lowest BCUT2D eigenvalue weighted by Crippen LogP contribution is -2.45. The van der Waals surface area contributed by atoms with Gasteiger partial charge in [-0.15, -0.1) is 0 Å². The summed E-state index contributed by atoms with van der Waals surface area (Å²) in [7, 11) is 0. The number of aromatic nitrogens is 1. The Morgan fingerprint density at radius 3 is 2.55 bits per heavy atom. The predicted molar refractivity (Wildman–Crippen MR) is 80.5 cm³/mol. The van der Waals surface area contributed by atoms with Crippen molar-refractivity contribution in [3.8, 4) is 0 Å². The van der Waals surface area contributed by atoms with Gasteiger partial charge in [-0.25, -0.2) is 0 Å². The van der Waals surface area contributed by atoms with Crippen LogP contribution >= 0.6 is 0 Å². The van der Waals surface area contributed by atoms with Crippen molar-refractivity contribution < 1.29 is 4.79 Å². The van der Waals surface area contributed by atoms with Crippen LogP contribution in [0.1, 0.15) is 38.2 Å². The lowest BCUT2D eigenvalue weighted by atomic mass is 10.2. The Morgan fingerprint density at radius 2 is 1.90 bits per heavy atom. The molecule has 1 saturated heterocycles. The molecule has 1 amide bonds. The molecule has 1 aromatic rings. The molecule has 0 spiro atoms. The summed E-state index contributed by atoms with van der Waals surface area (Å²) in [6, 6.07) is 3.95. The van der Waals surface area contributed by atoms with E-state index in [4.69, 9.17) is 0 Å². The Hall–Kier alpha value is -1.42. The summed E-state index contributed by atoms with van der Waals surface area (Å²) in [5, 5.41) is 3.34. The summed E-state index contributed by atoms with van der Waals surface area (Å²) in [5.74, 6) is 0.252. The van der Waals surface area contributed by atoms with Gasteiger partial charge in [0.05, 0.1) is 6.04 Å². The standard InChI is InChI=1S/C16H25N3O/c1-14(16(20)19-12-4-2-3-5-13-19)18-11-8-15-6-9-17-10-7-15/h6-7,9-10,14,18H,2-5,8,11-13H2,1H3. The summed E-state index contributed by atoms with van der Waals surface area (Å²) in [6.07, 6.45) is 9.36. The van der Waals surface area contributed by atoms with Gasteiger partial charge < -0.3 is 10.2 Å². The molecule has 2 rings (SSSR count). The zero-order valence-electron chi connectivity index (χ0n) is 12.3.